The van der Waals surface area contributed by atoms with Crippen molar-refractivity contribution < 1.29 is 18.7 Å². The fourth-order valence-corrected chi connectivity index (χ4v) is 3.23. The fraction of sp³-hybridized carbons (Fsp3) is 0.500. The molecule has 0 N–H and O–H groups in total. The molecule has 1 aromatic carbocycles. The summed E-state index contributed by atoms with van der Waals surface area (Å²) in [7, 11) is 0. The van der Waals surface area contributed by atoms with Crippen molar-refractivity contribution in [2.45, 2.75) is 18.5 Å². The zero-order valence-corrected chi connectivity index (χ0v) is 13.9. The van der Waals surface area contributed by atoms with Crippen LogP contribution in [0, 0.1) is 11.3 Å². The molecule has 2 aliphatic heterocycles. The van der Waals surface area contributed by atoms with E-state index in [1.54, 1.807) is 23.1 Å². The van der Waals surface area contributed by atoms with Crippen LogP contribution in [0.4, 0.5) is 4.39 Å². The van der Waals surface area contributed by atoms with Crippen LogP contribution in [0.1, 0.15) is 28.8 Å². The maximum atomic E-state index is 15.1. The molecule has 6 nitrogen and oxygen atoms in total. The topological polar surface area (TPSA) is 73.6 Å². The standard InChI is InChI=1S/C18H20FN3O3/c19-18(17(24)22-8-10-25-11-9-22)4-6-21(7-5-18)16(23)15-3-1-2-14(12-15)13-20/h1-3,12H,4-11H2. The van der Waals surface area contributed by atoms with E-state index in [4.69, 9.17) is 10.00 Å². The summed E-state index contributed by atoms with van der Waals surface area (Å²) in [5.74, 6) is -0.729. The molecule has 3 rings (SSSR count). The third-order valence-corrected chi connectivity index (χ3v) is 4.76. The average molecular weight is 345 g/mol. The van der Waals surface area contributed by atoms with Crippen molar-refractivity contribution in [2.75, 3.05) is 39.4 Å². The van der Waals surface area contributed by atoms with Crippen molar-refractivity contribution in [2.24, 2.45) is 0 Å². The summed E-state index contributed by atoms with van der Waals surface area (Å²) in [4.78, 5) is 28.0. The number of carbonyl (C=O) groups excluding carboxylic acids is 2. The molecule has 0 bridgehead atoms. The van der Waals surface area contributed by atoms with Gasteiger partial charge in [-0.05, 0) is 18.2 Å². The van der Waals surface area contributed by atoms with E-state index >= 15 is 4.39 Å². The number of ether oxygens (including phenoxy) is 1. The van der Waals surface area contributed by atoms with E-state index in [-0.39, 0.29) is 31.8 Å². The van der Waals surface area contributed by atoms with Gasteiger partial charge in [0.25, 0.3) is 11.8 Å². The van der Waals surface area contributed by atoms with E-state index in [1.807, 2.05) is 6.07 Å². The number of rotatable bonds is 2. The van der Waals surface area contributed by atoms with Gasteiger partial charge in [0.05, 0.1) is 24.8 Å². The molecule has 0 radical (unpaired) electrons. The van der Waals surface area contributed by atoms with Crippen molar-refractivity contribution in [3.8, 4) is 6.07 Å². The van der Waals surface area contributed by atoms with Gasteiger partial charge < -0.3 is 14.5 Å². The number of halogens is 1. The van der Waals surface area contributed by atoms with Crippen LogP contribution in [0.3, 0.4) is 0 Å². The first kappa shape index (κ1) is 17.4. The summed E-state index contributed by atoms with van der Waals surface area (Å²) in [6, 6.07) is 8.44. The van der Waals surface area contributed by atoms with Gasteiger partial charge in [-0.3, -0.25) is 9.59 Å². The van der Waals surface area contributed by atoms with Crippen LogP contribution >= 0.6 is 0 Å². The van der Waals surface area contributed by atoms with E-state index in [9.17, 15) is 9.59 Å². The summed E-state index contributed by atoms with van der Waals surface area (Å²) < 4.78 is 20.3. The van der Waals surface area contributed by atoms with Crippen molar-refractivity contribution in [1.82, 2.24) is 9.80 Å². The van der Waals surface area contributed by atoms with E-state index < -0.39 is 11.6 Å². The van der Waals surface area contributed by atoms with Crippen LogP contribution < -0.4 is 0 Å². The number of likely N-dealkylation sites (tertiary alicyclic amines) is 1. The van der Waals surface area contributed by atoms with E-state index in [1.165, 1.54) is 11.0 Å². The number of nitrogens with zero attached hydrogens (tertiary/aromatic N) is 3. The van der Waals surface area contributed by atoms with Gasteiger partial charge in [-0.25, -0.2) is 4.39 Å². The normalized spacial score (nSPS) is 20.0. The molecule has 0 aliphatic carbocycles. The summed E-state index contributed by atoms with van der Waals surface area (Å²) in [5, 5.41) is 8.93. The van der Waals surface area contributed by atoms with E-state index in [2.05, 4.69) is 0 Å². The SMILES string of the molecule is N#Cc1cccc(C(=O)N2CCC(F)(C(=O)N3CCOCC3)CC2)c1. The maximum absolute atomic E-state index is 15.1. The predicted molar refractivity (Wildman–Crippen MR) is 87.5 cm³/mol. The Bertz CT molecular complexity index is 702. The highest BCUT2D eigenvalue weighted by molar-refractivity contribution is 5.95. The highest BCUT2D eigenvalue weighted by Gasteiger charge is 2.45. The molecule has 2 saturated heterocycles. The average Bonchev–Trinajstić information content (AvgIpc) is 2.68. The van der Waals surface area contributed by atoms with Crippen LogP contribution in [0.5, 0.6) is 0 Å². The molecular weight excluding hydrogens is 325 g/mol. The molecular formula is C18H20FN3O3. The second-order valence-electron chi connectivity index (χ2n) is 6.35. The highest BCUT2D eigenvalue weighted by Crippen LogP contribution is 2.30. The maximum Gasteiger partial charge on any atom is 0.260 e. The number of carbonyl (C=O) groups is 2. The monoisotopic (exact) mass is 345 g/mol. The van der Waals surface area contributed by atoms with Gasteiger partial charge in [0.2, 0.25) is 0 Å². The molecule has 0 spiro atoms. The van der Waals surface area contributed by atoms with Crippen molar-refractivity contribution in [1.29, 1.82) is 5.26 Å². The van der Waals surface area contributed by atoms with Gasteiger partial charge in [-0.1, -0.05) is 6.07 Å². The van der Waals surface area contributed by atoms with Crippen LogP contribution in [-0.4, -0.2) is 66.7 Å². The van der Waals surface area contributed by atoms with Crippen molar-refractivity contribution in [3.63, 3.8) is 0 Å². The molecule has 2 fully saturated rings. The molecule has 2 amide bonds. The van der Waals surface area contributed by atoms with Crippen molar-refractivity contribution in [3.05, 3.63) is 35.4 Å². The zero-order chi connectivity index (χ0) is 17.9. The lowest BCUT2D eigenvalue weighted by atomic mass is 9.91. The minimum atomic E-state index is -1.91. The Morgan fingerprint density at radius 1 is 1.12 bits per heavy atom. The molecule has 132 valence electrons. The number of amides is 2. The smallest absolute Gasteiger partial charge is 0.260 e. The number of hydrogen-bond donors (Lipinski definition) is 0. The first-order valence-electron chi connectivity index (χ1n) is 8.39. The molecule has 0 aromatic heterocycles. The lowest BCUT2D eigenvalue weighted by Gasteiger charge is -2.39. The lowest BCUT2D eigenvalue weighted by molar-refractivity contribution is -0.151. The first-order chi connectivity index (χ1) is 12.0. The highest BCUT2D eigenvalue weighted by atomic mass is 19.1. The minimum Gasteiger partial charge on any atom is -0.378 e. The summed E-state index contributed by atoms with van der Waals surface area (Å²) in [6.45, 7) is 2.05. The van der Waals surface area contributed by atoms with Crippen LogP contribution in [0.2, 0.25) is 0 Å². The Kier molecular flexibility index (Phi) is 5.00. The number of nitriles is 1. The van der Waals surface area contributed by atoms with Gasteiger partial charge in [0, 0.05) is 44.6 Å². The number of morpholine rings is 1. The molecule has 2 aliphatic rings. The molecule has 7 heteroatoms. The third-order valence-electron chi connectivity index (χ3n) is 4.76. The Morgan fingerprint density at radius 2 is 1.80 bits per heavy atom. The first-order valence-corrected chi connectivity index (χ1v) is 8.39. The van der Waals surface area contributed by atoms with Crippen LogP contribution in [0.25, 0.3) is 0 Å². The predicted octanol–water partition coefficient (Wildman–Crippen LogP) is 1.36. The molecule has 0 saturated carbocycles. The van der Waals surface area contributed by atoms with Gasteiger partial charge >= 0.3 is 0 Å². The van der Waals surface area contributed by atoms with Gasteiger partial charge in [-0.15, -0.1) is 0 Å². The number of alkyl halides is 1. The molecule has 0 atom stereocenters. The molecule has 1 aromatic rings. The lowest BCUT2D eigenvalue weighted by Crippen LogP contribution is -2.55. The number of benzene rings is 1. The van der Waals surface area contributed by atoms with Crippen LogP contribution in [0.15, 0.2) is 24.3 Å². The van der Waals surface area contributed by atoms with Gasteiger partial charge in [0.15, 0.2) is 5.67 Å². The zero-order valence-electron chi connectivity index (χ0n) is 13.9. The van der Waals surface area contributed by atoms with E-state index in [0.717, 1.165) is 0 Å². The Hall–Kier alpha value is -2.46. The van der Waals surface area contributed by atoms with Crippen molar-refractivity contribution >= 4 is 11.8 Å². The third kappa shape index (κ3) is 3.64. The summed E-state index contributed by atoms with van der Waals surface area (Å²) in [6.07, 6.45) is -0.0141. The molecule has 25 heavy (non-hydrogen) atoms. The Balaban J connectivity index is 1.63. The largest absolute Gasteiger partial charge is 0.378 e. The minimum absolute atomic E-state index is 0.00707. The number of hydrogen-bond acceptors (Lipinski definition) is 4. The Labute approximate surface area is 145 Å². The Morgan fingerprint density at radius 3 is 2.44 bits per heavy atom. The fourth-order valence-electron chi connectivity index (χ4n) is 3.23. The summed E-state index contributed by atoms with van der Waals surface area (Å²) in [5.41, 5.74) is -1.10. The summed E-state index contributed by atoms with van der Waals surface area (Å²) >= 11 is 0. The van der Waals surface area contributed by atoms with Gasteiger partial charge in [0.1, 0.15) is 0 Å². The molecule has 2 heterocycles. The van der Waals surface area contributed by atoms with Gasteiger partial charge in [-0.2, -0.15) is 5.26 Å². The van der Waals surface area contributed by atoms with Crippen LogP contribution in [-0.2, 0) is 9.53 Å². The quantitative estimate of drug-likeness (QED) is 0.811. The second kappa shape index (κ2) is 7.19. The van der Waals surface area contributed by atoms with E-state index in [0.29, 0.717) is 37.4 Å². The molecule has 0 unspecified atom stereocenters. The number of piperidine rings is 1. The second-order valence-corrected chi connectivity index (χ2v) is 6.35.